The van der Waals surface area contributed by atoms with Crippen molar-refractivity contribution in [1.82, 2.24) is 19.5 Å². The number of nitrogens with zero attached hydrogens (tertiary/aromatic N) is 4. The molecule has 0 aliphatic heterocycles. The molecule has 3 heterocycles. The van der Waals surface area contributed by atoms with Gasteiger partial charge >= 0.3 is 0 Å². The van der Waals surface area contributed by atoms with Gasteiger partial charge in [0.05, 0.1) is 11.0 Å². The minimum atomic E-state index is 0.644. The maximum absolute atomic E-state index is 5.21. The van der Waals surface area contributed by atoms with E-state index in [0.29, 0.717) is 17.5 Å². The first-order chi connectivity index (χ1) is 30.7. The smallest absolute Gasteiger partial charge is 0.164 e. The molecular formula is C57H36N4S. The molecule has 0 fully saturated rings. The van der Waals surface area contributed by atoms with Crippen molar-refractivity contribution in [3.8, 4) is 73.2 Å². The fourth-order valence-electron chi connectivity index (χ4n) is 8.84. The van der Waals surface area contributed by atoms with E-state index in [1.54, 1.807) is 11.3 Å². The van der Waals surface area contributed by atoms with Gasteiger partial charge < -0.3 is 4.57 Å². The average molecular weight is 809 g/mol. The fourth-order valence-corrected chi connectivity index (χ4v) is 9.95. The van der Waals surface area contributed by atoms with Crippen LogP contribution in [-0.4, -0.2) is 19.5 Å². The molecule has 12 aromatic rings. The van der Waals surface area contributed by atoms with Gasteiger partial charge in [0.25, 0.3) is 0 Å². The molecule has 290 valence electrons. The van der Waals surface area contributed by atoms with E-state index in [1.165, 1.54) is 58.8 Å². The molecule has 0 amide bonds. The van der Waals surface area contributed by atoms with Crippen LogP contribution in [0.1, 0.15) is 0 Å². The lowest BCUT2D eigenvalue weighted by Crippen LogP contribution is -2.00. The first kappa shape index (κ1) is 35.9. The molecule has 0 spiro atoms. The standard InChI is InChI=1S/C57H36N4S/c1-4-13-37(14-5-1)39-23-25-42(26-24-39)56-58-55(41-17-8-3-9-18-41)59-57(60-56)47-20-12-22-53-54(47)49-36-44(30-34-52(49)62-53)43-29-33-51-48(35-43)46-19-10-11-21-50(46)61(51)45-31-27-40(28-32-45)38-15-6-2-7-16-38/h1-36H. The van der Waals surface area contributed by atoms with Crippen molar-refractivity contribution < 1.29 is 0 Å². The van der Waals surface area contributed by atoms with Gasteiger partial charge in [-0.25, -0.2) is 15.0 Å². The summed E-state index contributed by atoms with van der Waals surface area (Å²) in [6.07, 6.45) is 0. The van der Waals surface area contributed by atoms with E-state index >= 15 is 0 Å². The number of aromatic nitrogens is 4. The Bertz CT molecular complexity index is 3590. The summed E-state index contributed by atoms with van der Waals surface area (Å²) in [5, 5.41) is 4.80. The van der Waals surface area contributed by atoms with Gasteiger partial charge in [-0.3, -0.25) is 0 Å². The number of hydrogen-bond acceptors (Lipinski definition) is 4. The van der Waals surface area contributed by atoms with E-state index in [1.807, 2.05) is 24.3 Å². The molecule has 9 aromatic carbocycles. The van der Waals surface area contributed by atoms with Crippen LogP contribution in [0.2, 0.25) is 0 Å². The molecule has 5 heteroatoms. The Kier molecular flexibility index (Phi) is 8.65. The zero-order chi connectivity index (χ0) is 41.0. The zero-order valence-electron chi connectivity index (χ0n) is 33.5. The first-order valence-electron chi connectivity index (χ1n) is 20.8. The minimum absolute atomic E-state index is 0.644. The Morgan fingerprint density at radius 2 is 0.790 bits per heavy atom. The Hall–Kier alpha value is -7.99. The number of rotatable bonds is 7. The van der Waals surface area contributed by atoms with Crippen molar-refractivity contribution in [2.75, 3.05) is 0 Å². The molecule has 62 heavy (non-hydrogen) atoms. The predicted molar refractivity (Wildman–Crippen MR) is 260 cm³/mol. The third-order valence-electron chi connectivity index (χ3n) is 11.9. The highest BCUT2D eigenvalue weighted by Crippen LogP contribution is 2.42. The highest BCUT2D eigenvalue weighted by Gasteiger charge is 2.19. The highest BCUT2D eigenvalue weighted by atomic mass is 32.1. The summed E-state index contributed by atoms with van der Waals surface area (Å²) in [7, 11) is 0. The van der Waals surface area contributed by atoms with Crippen LogP contribution in [0.15, 0.2) is 218 Å². The molecule has 0 N–H and O–H groups in total. The van der Waals surface area contributed by atoms with Crippen molar-refractivity contribution in [3.63, 3.8) is 0 Å². The lowest BCUT2D eigenvalue weighted by atomic mass is 9.99. The molecule has 0 atom stereocenters. The van der Waals surface area contributed by atoms with E-state index in [-0.39, 0.29) is 0 Å². The highest BCUT2D eigenvalue weighted by molar-refractivity contribution is 7.26. The Morgan fingerprint density at radius 3 is 1.47 bits per heavy atom. The normalized spacial score (nSPS) is 11.5. The topological polar surface area (TPSA) is 43.6 Å². The Labute approximate surface area is 362 Å². The summed E-state index contributed by atoms with van der Waals surface area (Å²) in [5.74, 6) is 1.95. The summed E-state index contributed by atoms with van der Waals surface area (Å²) in [5.41, 5.74) is 13.5. The predicted octanol–water partition coefficient (Wildman–Crippen LogP) is 15.3. The summed E-state index contributed by atoms with van der Waals surface area (Å²) in [4.78, 5) is 15.4. The SMILES string of the molecule is c1ccc(-c2ccc(-c3nc(-c4ccccc4)nc(-c4cccc5sc6ccc(-c7ccc8c(c7)c7ccccc7n8-c7ccc(-c8ccccc8)cc7)cc6c45)n3)cc2)cc1. The van der Waals surface area contributed by atoms with E-state index in [2.05, 4.69) is 199 Å². The van der Waals surface area contributed by atoms with E-state index in [4.69, 9.17) is 15.0 Å². The Balaban J connectivity index is 0.975. The molecule has 12 rings (SSSR count). The van der Waals surface area contributed by atoms with Gasteiger partial charge in [0.1, 0.15) is 0 Å². The lowest BCUT2D eigenvalue weighted by molar-refractivity contribution is 1.08. The average Bonchev–Trinajstić information content (AvgIpc) is 3.90. The third kappa shape index (κ3) is 6.26. The van der Waals surface area contributed by atoms with Gasteiger partial charge in [-0.15, -0.1) is 11.3 Å². The molecule has 0 radical (unpaired) electrons. The summed E-state index contributed by atoms with van der Waals surface area (Å²) in [6, 6.07) is 77.6. The molecule has 0 unspecified atom stereocenters. The van der Waals surface area contributed by atoms with Crippen LogP contribution >= 0.6 is 11.3 Å². The van der Waals surface area contributed by atoms with Gasteiger partial charge in [0, 0.05) is 53.3 Å². The van der Waals surface area contributed by atoms with E-state index < -0.39 is 0 Å². The van der Waals surface area contributed by atoms with Crippen LogP contribution in [0, 0.1) is 0 Å². The molecule has 0 saturated carbocycles. The van der Waals surface area contributed by atoms with Crippen molar-refractivity contribution in [2.45, 2.75) is 0 Å². The summed E-state index contributed by atoms with van der Waals surface area (Å²) >= 11 is 1.81. The fraction of sp³-hybridized carbons (Fsp3) is 0. The lowest BCUT2D eigenvalue weighted by Gasteiger charge is -2.11. The molecule has 4 nitrogen and oxygen atoms in total. The van der Waals surface area contributed by atoms with Gasteiger partial charge in [-0.05, 0) is 81.9 Å². The van der Waals surface area contributed by atoms with Crippen molar-refractivity contribution >= 4 is 53.3 Å². The van der Waals surface area contributed by atoms with Crippen molar-refractivity contribution in [1.29, 1.82) is 0 Å². The quantitative estimate of drug-likeness (QED) is 0.161. The summed E-state index contributed by atoms with van der Waals surface area (Å²) in [6.45, 7) is 0. The number of fused-ring (bicyclic) bond motifs is 6. The third-order valence-corrected chi connectivity index (χ3v) is 13.0. The monoisotopic (exact) mass is 808 g/mol. The van der Waals surface area contributed by atoms with E-state index in [0.717, 1.165) is 38.9 Å². The molecule has 0 bridgehead atoms. The molecule has 0 saturated heterocycles. The molecule has 0 aliphatic rings. The van der Waals surface area contributed by atoms with Crippen LogP contribution in [0.5, 0.6) is 0 Å². The second-order valence-corrected chi connectivity index (χ2v) is 16.7. The number of thiophene rings is 1. The van der Waals surface area contributed by atoms with Crippen molar-refractivity contribution in [2.24, 2.45) is 0 Å². The van der Waals surface area contributed by atoms with Gasteiger partial charge in [-0.1, -0.05) is 170 Å². The van der Waals surface area contributed by atoms with Crippen LogP contribution in [0.3, 0.4) is 0 Å². The van der Waals surface area contributed by atoms with Gasteiger partial charge in [0.15, 0.2) is 17.5 Å². The van der Waals surface area contributed by atoms with Crippen LogP contribution in [0.25, 0.3) is 115 Å². The first-order valence-corrected chi connectivity index (χ1v) is 21.7. The zero-order valence-corrected chi connectivity index (χ0v) is 34.3. The Morgan fingerprint density at radius 1 is 0.306 bits per heavy atom. The van der Waals surface area contributed by atoms with Gasteiger partial charge in [-0.2, -0.15) is 0 Å². The molecule has 3 aromatic heterocycles. The second-order valence-electron chi connectivity index (χ2n) is 15.6. The second kappa shape index (κ2) is 14.9. The minimum Gasteiger partial charge on any atom is -0.309 e. The van der Waals surface area contributed by atoms with Crippen molar-refractivity contribution in [3.05, 3.63) is 218 Å². The van der Waals surface area contributed by atoms with Gasteiger partial charge in [0.2, 0.25) is 0 Å². The van der Waals surface area contributed by atoms with Crippen LogP contribution < -0.4 is 0 Å². The maximum atomic E-state index is 5.21. The number of benzene rings is 9. The van der Waals surface area contributed by atoms with Crippen LogP contribution in [-0.2, 0) is 0 Å². The largest absolute Gasteiger partial charge is 0.309 e. The molecular weight excluding hydrogens is 773 g/mol. The number of para-hydroxylation sites is 1. The summed E-state index contributed by atoms with van der Waals surface area (Å²) < 4.78 is 4.80. The number of hydrogen-bond donors (Lipinski definition) is 0. The molecule has 0 aliphatic carbocycles. The van der Waals surface area contributed by atoms with E-state index in [9.17, 15) is 0 Å². The van der Waals surface area contributed by atoms with Crippen LogP contribution in [0.4, 0.5) is 0 Å². The maximum Gasteiger partial charge on any atom is 0.164 e.